The molecule has 0 bridgehead atoms. The van der Waals surface area contributed by atoms with Crippen molar-refractivity contribution in [1.29, 1.82) is 5.26 Å². The first kappa shape index (κ1) is 17.6. The van der Waals surface area contributed by atoms with E-state index in [1.165, 1.54) is 6.92 Å². The molecule has 0 unspecified atom stereocenters. The van der Waals surface area contributed by atoms with E-state index in [2.05, 4.69) is 0 Å². The summed E-state index contributed by atoms with van der Waals surface area (Å²) in [6.45, 7) is 1.97. The minimum Gasteiger partial charge on any atom is -0.497 e. The quantitative estimate of drug-likeness (QED) is 0.739. The van der Waals surface area contributed by atoms with Crippen molar-refractivity contribution in [3.63, 3.8) is 0 Å². The standard InChI is InChI=1S/C19H18N2O2S/c1-15(22)21(12-16-6-4-3-5-7-16)19(13-24-14-20)17-8-10-18(23-2)11-9-17/h3-11,13H,12H2,1-2H3/b19-13+. The SMILES string of the molecule is COc1ccc(/C(=C\SC#N)N(Cc2ccccc2)C(C)=O)cc1. The number of hydrogen-bond acceptors (Lipinski definition) is 4. The summed E-state index contributed by atoms with van der Waals surface area (Å²) >= 11 is 0.996. The summed E-state index contributed by atoms with van der Waals surface area (Å²) < 4.78 is 5.18. The summed E-state index contributed by atoms with van der Waals surface area (Å²) in [5.41, 5.74) is 2.57. The molecule has 0 aliphatic rings. The van der Waals surface area contributed by atoms with Crippen LogP contribution < -0.4 is 4.74 Å². The van der Waals surface area contributed by atoms with Crippen LogP contribution in [0.5, 0.6) is 5.75 Å². The molecule has 24 heavy (non-hydrogen) atoms. The zero-order chi connectivity index (χ0) is 17.4. The van der Waals surface area contributed by atoms with Gasteiger partial charge in [0.15, 0.2) is 0 Å². The van der Waals surface area contributed by atoms with Gasteiger partial charge in [-0.05, 0) is 47.2 Å². The summed E-state index contributed by atoms with van der Waals surface area (Å²) in [6, 6.07) is 17.2. The van der Waals surface area contributed by atoms with Gasteiger partial charge in [-0.25, -0.2) is 0 Å². The van der Waals surface area contributed by atoms with Crippen LogP contribution in [0.25, 0.3) is 5.70 Å². The molecule has 4 nitrogen and oxygen atoms in total. The van der Waals surface area contributed by atoms with E-state index in [9.17, 15) is 4.79 Å². The van der Waals surface area contributed by atoms with Crippen LogP contribution in [0.2, 0.25) is 0 Å². The largest absolute Gasteiger partial charge is 0.497 e. The van der Waals surface area contributed by atoms with Crippen LogP contribution in [0.1, 0.15) is 18.1 Å². The highest BCUT2D eigenvalue weighted by Gasteiger charge is 2.17. The molecule has 0 aliphatic carbocycles. The van der Waals surface area contributed by atoms with E-state index >= 15 is 0 Å². The normalized spacial score (nSPS) is 10.8. The molecule has 2 aromatic rings. The molecule has 122 valence electrons. The molecule has 0 radical (unpaired) electrons. The lowest BCUT2D eigenvalue weighted by molar-refractivity contribution is -0.126. The van der Waals surface area contributed by atoms with Crippen LogP contribution in [0.4, 0.5) is 0 Å². The minimum atomic E-state index is -0.0838. The lowest BCUT2D eigenvalue weighted by atomic mass is 10.1. The van der Waals surface area contributed by atoms with Gasteiger partial charge in [-0.2, -0.15) is 5.26 Å². The van der Waals surface area contributed by atoms with Crippen molar-refractivity contribution in [2.24, 2.45) is 0 Å². The van der Waals surface area contributed by atoms with E-state index in [0.29, 0.717) is 12.2 Å². The Labute approximate surface area is 146 Å². The number of nitrogens with zero attached hydrogens (tertiary/aromatic N) is 2. The smallest absolute Gasteiger partial charge is 0.224 e. The Morgan fingerprint density at radius 1 is 1.21 bits per heavy atom. The number of thiocyanates is 1. The monoisotopic (exact) mass is 338 g/mol. The van der Waals surface area contributed by atoms with E-state index in [1.807, 2.05) is 60.0 Å². The first-order valence-electron chi connectivity index (χ1n) is 7.37. The summed E-state index contributed by atoms with van der Waals surface area (Å²) in [7, 11) is 1.61. The molecular weight excluding hydrogens is 320 g/mol. The van der Waals surface area contributed by atoms with Crippen LogP contribution in [0.15, 0.2) is 60.0 Å². The Hall–Kier alpha value is -2.71. The number of thioether (sulfide) groups is 1. The minimum absolute atomic E-state index is 0.0838. The van der Waals surface area contributed by atoms with Gasteiger partial charge in [0.25, 0.3) is 0 Å². The number of ether oxygens (including phenoxy) is 1. The first-order valence-corrected chi connectivity index (χ1v) is 8.25. The van der Waals surface area contributed by atoms with Crippen molar-refractivity contribution in [3.05, 3.63) is 71.1 Å². The zero-order valence-electron chi connectivity index (χ0n) is 13.6. The lowest BCUT2D eigenvalue weighted by Crippen LogP contribution is -2.26. The van der Waals surface area contributed by atoms with Gasteiger partial charge in [0.2, 0.25) is 5.91 Å². The number of nitriles is 1. The second kappa shape index (κ2) is 8.80. The van der Waals surface area contributed by atoms with Gasteiger partial charge in [0, 0.05) is 12.3 Å². The van der Waals surface area contributed by atoms with Crippen molar-refractivity contribution in [2.75, 3.05) is 7.11 Å². The van der Waals surface area contributed by atoms with Crippen molar-refractivity contribution in [1.82, 2.24) is 4.90 Å². The van der Waals surface area contributed by atoms with Crippen molar-refractivity contribution in [3.8, 4) is 11.2 Å². The topological polar surface area (TPSA) is 53.3 Å². The highest BCUT2D eigenvalue weighted by atomic mass is 32.2. The number of rotatable bonds is 6. The third-order valence-electron chi connectivity index (χ3n) is 3.46. The van der Waals surface area contributed by atoms with Crippen LogP contribution in [0.3, 0.4) is 0 Å². The van der Waals surface area contributed by atoms with E-state index in [1.54, 1.807) is 17.4 Å². The van der Waals surface area contributed by atoms with Gasteiger partial charge in [0.05, 0.1) is 19.4 Å². The average Bonchev–Trinajstić information content (AvgIpc) is 2.62. The predicted octanol–water partition coefficient (Wildman–Crippen LogP) is 4.26. The van der Waals surface area contributed by atoms with Gasteiger partial charge in [-0.3, -0.25) is 4.79 Å². The van der Waals surface area contributed by atoms with Crippen LogP contribution >= 0.6 is 11.8 Å². The Morgan fingerprint density at radius 3 is 2.42 bits per heavy atom. The maximum absolute atomic E-state index is 12.2. The van der Waals surface area contributed by atoms with Gasteiger partial charge in [0.1, 0.15) is 11.2 Å². The second-order valence-corrected chi connectivity index (χ2v) is 5.69. The second-order valence-electron chi connectivity index (χ2n) is 5.03. The molecule has 0 aromatic heterocycles. The van der Waals surface area contributed by atoms with Crippen LogP contribution in [0, 0.1) is 10.7 Å². The van der Waals surface area contributed by atoms with Crippen LogP contribution in [-0.2, 0) is 11.3 Å². The van der Waals surface area contributed by atoms with Crippen molar-refractivity contribution in [2.45, 2.75) is 13.5 Å². The molecule has 5 heteroatoms. The number of carbonyl (C=O) groups is 1. The first-order chi connectivity index (χ1) is 11.7. The maximum Gasteiger partial charge on any atom is 0.224 e. The van der Waals surface area contributed by atoms with E-state index in [4.69, 9.17) is 10.00 Å². The van der Waals surface area contributed by atoms with E-state index in [-0.39, 0.29) is 5.91 Å². The fourth-order valence-electron chi connectivity index (χ4n) is 2.26. The highest BCUT2D eigenvalue weighted by molar-refractivity contribution is 8.06. The summed E-state index contributed by atoms with van der Waals surface area (Å²) in [5.74, 6) is 0.655. The molecule has 0 atom stereocenters. The van der Waals surface area contributed by atoms with E-state index in [0.717, 1.165) is 28.6 Å². The van der Waals surface area contributed by atoms with E-state index < -0.39 is 0 Å². The molecule has 1 amide bonds. The summed E-state index contributed by atoms with van der Waals surface area (Å²) in [5, 5.41) is 12.6. The predicted molar refractivity (Wildman–Crippen MR) is 96.8 cm³/mol. The van der Waals surface area contributed by atoms with Gasteiger partial charge < -0.3 is 9.64 Å². The van der Waals surface area contributed by atoms with Crippen LogP contribution in [-0.4, -0.2) is 17.9 Å². The molecule has 2 rings (SSSR count). The molecule has 0 saturated heterocycles. The Bertz CT molecular complexity index is 749. The molecule has 0 spiro atoms. The number of benzene rings is 2. The van der Waals surface area contributed by atoms with Gasteiger partial charge in [-0.15, -0.1) is 0 Å². The number of hydrogen-bond donors (Lipinski definition) is 0. The maximum atomic E-state index is 12.2. The number of amides is 1. The van der Waals surface area contributed by atoms with Crippen molar-refractivity contribution < 1.29 is 9.53 Å². The zero-order valence-corrected chi connectivity index (χ0v) is 14.4. The highest BCUT2D eigenvalue weighted by Crippen LogP contribution is 2.26. The summed E-state index contributed by atoms with van der Waals surface area (Å²) in [6.07, 6.45) is 0. The van der Waals surface area contributed by atoms with Gasteiger partial charge >= 0.3 is 0 Å². The Morgan fingerprint density at radius 2 is 1.88 bits per heavy atom. The van der Waals surface area contributed by atoms with Crippen molar-refractivity contribution >= 4 is 23.4 Å². The molecule has 0 saturated carbocycles. The van der Waals surface area contributed by atoms with Gasteiger partial charge in [-0.1, -0.05) is 30.3 Å². The summed E-state index contributed by atoms with van der Waals surface area (Å²) in [4.78, 5) is 13.9. The lowest BCUT2D eigenvalue weighted by Gasteiger charge is -2.24. The molecule has 0 heterocycles. The fraction of sp³-hybridized carbons (Fsp3) is 0.158. The molecule has 2 aromatic carbocycles. The number of carbonyl (C=O) groups excluding carboxylic acids is 1. The average molecular weight is 338 g/mol. The Balaban J connectivity index is 2.38. The molecule has 0 N–H and O–H groups in total. The molecule has 0 fully saturated rings. The fourth-order valence-corrected chi connectivity index (χ4v) is 2.69. The third kappa shape index (κ3) is 4.64. The third-order valence-corrected chi connectivity index (χ3v) is 3.91. The molecular formula is C19H18N2O2S. The Kier molecular flexibility index (Phi) is 6.47. The molecule has 0 aliphatic heterocycles. The number of methoxy groups -OCH3 is 1.